The Kier molecular flexibility index (Phi) is 12.9. The molecular formula is C46H66O16. The number of hydrogen-bond donors (Lipinski definition) is 9. The number of aliphatic hydroxyl groups excluding tert-OH is 7. The van der Waals surface area contributed by atoms with Gasteiger partial charge in [0.2, 0.25) is 0 Å². The van der Waals surface area contributed by atoms with Gasteiger partial charge in [-0.05, 0) is 120 Å². The maximum atomic E-state index is 12.8. The van der Waals surface area contributed by atoms with Crippen molar-refractivity contribution in [3.8, 4) is 5.75 Å². The Bertz CT molecular complexity index is 1830. The Labute approximate surface area is 362 Å². The molecule has 9 N–H and O–H groups in total. The van der Waals surface area contributed by atoms with Crippen LogP contribution in [0.2, 0.25) is 0 Å². The number of aliphatic hydroxyl groups is 8. The third-order valence-corrected chi connectivity index (χ3v) is 16.1. The van der Waals surface area contributed by atoms with Gasteiger partial charge in [0.15, 0.2) is 25.0 Å². The van der Waals surface area contributed by atoms with Crippen LogP contribution in [0.5, 0.6) is 5.75 Å². The zero-order chi connectivity index (χ0) is 44.6. The number of carbonyl (C=O) groups excluding carboxylic acids is 1. The SMILES string of the molecule is CC(C)=C[C@H]1[C@H](O)O[C@H]2C[C@H]3[C@@H]4CC=C5C[C@@H](O[C@@H]6O[C@H](CO)[C@@H](O)[C@H](O)[C@H]6O[C@@H]6O[C@@H](C)[C@H](OC(=O)c7ccc(O)cc7)[C@@H](O)[C@H]6O)CC[C@]5(C)[C@H]4CC[C@]3(CO)[C@H]2[C@@]1(C)O. The fraction of sp³-hybridized carbons (Fsp3) is 0.761. The van der Waals surface area contributed by atoms with E-state index < -0.39 is 103 Å². The number of aromatic hydroxyl groups is 1. The Hall–Kier alpha value is -2.55. The van der Waals surface area contributed by atoms with E-state index >= 15 is 0 Å². The predicted octanol–water partition coefficient (Wildman–Crippen LogP) is 1.81. The van der Waals surface area contributed by atoms with Crippen molar-refractivity contribution >= 4 is 5.97 Å². The summed E-state index contributed by atoms with van der Waals surface area (Å²) in [7, 11) is 0. The maximum Gasteiger partial charge on any atom is 0.338 e. The summed E-state index contributed by atoms with van der Waals surface area (Å²) < 4.78 is 36.3. The van der Waals surface area contributed by atoms with Gasteiger partial charge in [-0.3, -0.25) is 0 Å². The van der Waals surface area contributed by atoms with E-state index in [9.17, 15) is 50.8 Å². The number of rotatable bonds is 9. The second-order valence-electron chi connectivity index (χ2n) is 19.9. The minimum absolute atomic E-state index is 0.0504. The highest BCUT2D eigenvalue weighted by Crippen LogP contribution is 2.69. The summed E-state index contributed by atoms with van der Waals surface area (Å²) in [4.78, 5) is 12.8. The van der Waals surface area contributed by atoms with Gasteiger partial charge in [-0.15, -0.1) is 0 Å². The fourth-order valence-corrected chi connectivity index (χ4v) is 13.0. The van der Waals surface area contributed by atoms with Crippen LogP contribution >= 0.6 is 0 Å². The molecule has 0 radical (unpaired) electrons. The van der Waals surface area contributed by atoms with Crippen molar-refractivity contribution in [1.29, 1.82) is 0 Å². The number of benzene rings is 1. The summed E-state index contributed by atoms with van der Waals surface area (Å²) in [6.45, 7) is 8.79. The number of ether oxygens (including phenoxy) is 6. The Balaban J connectivity index is 0.963. The molecule has 0 spiro atoms. The second kappa shape index (κ2) is 17.3. The van der Waals surface area contributed by atoms with E-state index in [0.717, 1.165) is 31.3 Å². The first-order valence-corrected chi connectivity index (χ1v) is 22.3. The van der Waals surface area contributed by atoms with Crippen LogP contribution in [0, 0.1) is 40.4 Å². The van der Waals surface area contributed by atoms with Crippen LogP contribution in [-0.4, -0.2) is 151 Å². The first-order valence-electron chi connectivity index (χ1n) is 22.3. The summed E-state index contributed by atoms with van der Waals surface area (Å²) >= 11 is 0. The van der Waals surface area contributed by atoms with Gasteiger partial charge in [-0.2, -0.15) is 0 Å². The molecule has 4 aliphatic carbocycles. The Morgan fingerprint density at radius 1 is 0.871 bits per heavy atom. The molecule has 21 atom stereocenters. The number of fused-ring (bicyclic) bond motifs is 7. The minimum Gasteiger partial charge on any atom is -0.508 e. The summed E-state index contributed by atoms with van der Waals surface area (Å²) in [5.41, 5.74) is 0.271. The largest absolute Gasteiger partial charge is 0.508 e. The van der Waals surface area contributed by atoms with Gasteiger partial charge in [-0.1, -0.05) is 30.2 Å². The topological polar surface area (TPSA) is 255 Å². The monoisotopic (exact) mass is 874 g/mol. The van der Waals surface area contributed by atoms with E-state index in [1.54, 1.807) is 6.92 Å². The normalized spacial score (nSPS) is 48.8. The summed E-state index contributed by atoms with van der Waals surface area (Å²) in [5, 5.41) is 98.7. The van der Waals surface area contributed by atoms with E-state index in [2.05, 4.69) is 13.0 Å². The van der Waals surface area contributed by atoms with Crippen molar-refractivity contribution < 1.29 is 79.2 Å². The van der Waals surface area contributed by atoms with E-state index in [1.165, 1.54) is 36.8 Å². The molecule has 8 rings (SSSR count). The smallest absolute Gasteiger partial charge is 0.338 e. The fourth-order valence-electron chi connectivity index (χ4n) is 13.0. The molecule has 0 bridgehead atoms. The minimum atomic E-state index is -1.77. The van der Waals surface area contributed by atoms with E-state index in [1.807, 2.05) is 19.9 Å². The molecule has 62 heavy (non-hydrogen) atoms. The number of phenols is 1. The molecule has 16 nitrogen and oxygen atoms in total. The standard InChI is InChI=1S/C46H66O16/c1-21(2)16-30-41(55)59-31-18-29-27-11-8-24-17-26(12-14-44(24,4)28(27)13-15-46(29,20-48)39(31)45(30,5)56)58-43-38(34(51)33(50)32(19-47)60-43)62-42-36(53)35(52)37(22(3)57-42)61-40(54)23-6-9-25(49)10-7-23/h6-10,16,22,26-39,41-43,47-53,55-56H,11-15,17-20H2,1-5H3/t22-,26-,27+,28-,29-,30-,31-,32+,33+,34-,35-,36+,37-,38+,39+,41+,42-,43+,44-,45-,46+/m0/s1. The molecule has 6 fully saturated rings. The molecule has 0 amide bonds. The van der Waals surface area contributed by atoms with Crippen molar-refractivity contribution in [3.63, 3.8) is 0 Å². The van der Waals surface area contributed by atoms with Crippen molar-refractivity contribution in [1.82, 2.24) is 0 Å². The lowest BCUT2D eigenvalue weighted by Gasteiger charge is -2.60. The molecular weight excluding hydrogens is 808 g/mol. The first kappa shape index (κ1) is 46.0. The molecule has 1 aromatic rings. The van der Waals surface area contributed by atoms with Gasteiger partial charge >= 0.3 is 5.97 Å². The second-order valence-corrected chi connectivity index (χ2v) is 19.9. The predicted molar refractivity (Wildman–Crippen MR) is 218 cm³/mol. The van der Waals surface area contributed by atoms with Crippen LogP contribution in [-0.2, 0) is 28.4 Å². The number of carbonyl (C=O) groups is 1. The lowest BCUT2D eigenvalue weighted by atomic mass is 9.46. The summed E-state index contributed by atoms with van der Waals surface area (Å²) in [6, 6.07) is 5.31. The van der Waals surface area contributed by atoms with Gasteiger partial charge in [-0.25, -0.2) is 4.79 Å². The van der Waals surface area contributed by atoms with E-state index in [0.29, 0.717) is 19.3 Å². The Morgan fingerprint density at radius 3 is 2.26 bits per heavy atom. The number of esters is 1. The highest BCUT2D eigenvalue weighted by atomic mass is 16.8. The average molecular weight is 875 g/mol. The third kappa shape index (κ3) is 7.77. The lowest BCUT2D eigenvalue weighted by Crippen LogP contribution is -2.64. The van der Waals surface area contributed by atoms with E-state index in [4.69, 9.17) is 28.4 Å². The number of phenolic OH excluding ortho intramolecular Hbond substituents is 1. The number of hydrogen-bond acceptors (Lipinski definition) is 16. The van der Waals surface area contributed by atoms with Crippen LogP contribution in [0.25, 0.3) is 0 Å². The molecule has 0 aromatic heterocycles. The molecule has 3 saturated carbocycles. The van der Waals surface area contributed by atoms with Gasteiger partial charge in [0.05, 0.1) is 42.0 Å². The maximum absolute atomic E-state index is 12.8. The first-order chi connectivity index (χ1) is 29.3. The molecule has 16 heteroatoms. The highest BCUT2D eigenvalue weighted by Gasteiger charge is 2.70. The Morgan fingerprint density at radius 2 is 1.58 bits per heavy atom. The zero-order valence-electron chi connectivity index (χ0n) is 36.1. The van der Waals surface area contributed by atoms with Gasteiger partial charge < -0.3 is 74.4 Å². The quantitative estimate of drug-likeness (QED) is 0.127. The highest BCUT2D eigenvalue weighted by molar-refractivity contribution is 5.89. The molecule has 3 heterocycles. The average Bonchev–Trinajstić information content (AvgIpc) is 3.58. The van der Waals surface area contributed by atoms with Crippen molar-refractivity contribution in [3.05, 3.63) is 53.1 Å². The van der Waals surface area contributed by atoms with Crippen molar-refractivity contribution in [2.45, 2.75) is 165 Å². The molecule has 3 saturated heterocycles. The van der Waals surface area contributed by atoms with Gasteiger partial charge in [0, 0.05) is 17.9 Å². The molecule has 7 aliphatic rings. The summed E-state index contributed by atoms with van der Waals surface area (Å²) in [5.74, 6) is -1.24. The van der Waals surface area contributed by atoms with Crippen molar-refractivity contribution in [2.24, 2.45) is 40.4 Å². The van der Waals surface area contributed by atoms with Crippen LogP contribution in [0.4, 0.5) is 0 Å². The number of allylic oxidation sites excluding steroid dienone is 2. The molecule has 346 valence electrons. The van der Waals surface area contributed by atoms with Crippen LogP contribution in [0.3, 0.4) is 0 Å². The van der Waals surface area contributed by atoms with E-state index in [-0.39, 0.29) is 53.1 Å². The van der Waals surface area contributed by atoms with Crippen LogP contribution in [0.1, 0.15) is 89.9 Å². The molecule has 0 unspecified atom stereocenters. The van der Waals surface area contributed by atoms with Crippen molar-refractivity contribution in [2.75, 3.05) is 13.2 Å². The summed E-state index contributed by atoms with van der Waals surface area (Å²) in [6.07, 6.45) is -7.45. The van der Waals surface area contributed by atoms with Gasteiger partial charge in [0.25, 0.3) is 0 Å². The molecule has 3 aliphatic heterocycles. The van der Waals surface area contributed by atoms with Crippen LogP contribution < -0.4 is 0 Å². The molecule has 1 aromatic carbocycles. The third-order valence-electron chi connectivity index (χ3n) is 16.1. The van der Waals surface area contributed by atoms with Gasteiger partial charge in [0.1, 0.15) is 42.4 Å². The zero-order valence-corrected chi connectivity index (χ0v) is 36.1. The lowest BCUT2D eigenvalue weighted by molar-refractivity contribution is -0.369. The van der Waals surface area contributed by atoms with Crippen LogP contribution in [0.15, 0.2) is 47.6 Å².